The number of piperidine rings is 1. The largest absolute Gasteiger partial charge is 0.307 e. The third-order valence-electron chi connectivity index (χ3n) is 6.56. The normalized spacial score (nSPS) is 24.2. The molecular weight excluding hydrogens is 338 g/mol. The van der Waals surface area contributed by atoms with Gasteiger partial charge in [0.05, 0.1) is 24.2 Å². The van der Waals surface area contributed by atoms with Gasteiger partial charge in [0.1, 0.15) is 5.78 Å². The maximum Gasteiger partial charge on any atom is 0.234 e. The third kappa shape index (κ3) is 4.23. The molecule has 2 aliphatic heterocycles. The molecule has 4 rings (SSSR count). The summed E-state index contributed by atoms with van der Waals surface area (Å²) < 4.78 is 0. The number of ketones is 1. The van der Waals surface area contributed by atoms with Crippen LogP contribution in [0, 0.1) is 0 Å². The van der Waals surface area contributed by atoms with Crippen molar-refractivity contribution in [2.75, 3.05) is 18.0 Å². The molecule has 0 aromatic carbocycles. The molecule has 5 heteroatoms. The molecule has 0 radical (unpaired) electrons. The minimum Gasteiger partial charge on any atom is -0.307 e. The number of hydrogen-bond acceptors (Lipinski definition) is 4. The van der Waals surface area contributed by atoms with E-state index in [2.05, 4.69) is 9.88 Å². The van der Waals surface area contributed by atoms with E-state index in [1.165, 1.54) is 44.9 Å². The number of Topliss-reactive ketones (excluding diaryl/α,β-unsaturated/α-hetero) is 1. The molecule has 5 nitrogen and oxygen atoms in total. The maximum atomic E-state index is 12.8. The van der Waals surface area contributed by atoms with Crippen LogP contribution in [0.3, 0.4) is 0 Å². The van der Waals surface area contributed by atoms with Crippen molar-refractivity contribution in [3.8, 4) is 0 Å². The SMILES string of the molecule is O=C1CC(=O)N(C2CCN(C3CCCCCCC3)CC2)c2cccnc2C1. The third-order valence-corrected chi connectivity index (χ3v) is 6.56. The zero-order valence-electron chi connectivity index (χ0n) is 16.2. The molecule has 3 heterocycles. The highest BCUT2D eigenvalue weighted by Gasteiger charge is 2.35. The molecule has 0 bridgehead atoms. The van der Waals surface area contributed by atoms with Gasteiger partial charge in [-0.15, -0.1) is 0 Å². The van der Waals surface area contributed by atoms with Gasteiger partial charge < -0.3 is 9.80 Å². The van der Waals surface area contributed by atoms with Gasteiger partial charge in [-0.25, -0.2) is 0 Å². The molecule has 1 aliphatic carbocycles. The average Bonchev–Trinajstić information content (AvgIpc) is 2.76. The van der Waals surface area contributed by atoms with E-state index >= 15 is 0 Å². The fourth-order valence-electron chi connectivity index (χ4n) is 5.13. The Hall–Kier alpha value is -1.75. The number of carbonyl (C=O) groups excluding carboxylic acids is 2. The lowest BCUT2D eigenvalue weighted by molar-refractivity contribution is -0.126. The van der Waals surface area contributed by atoms with Crippen LogP contribution < -0.4 is 4.90 Å². The molecule has 1 saturated heterocycles. The maximum absolute atomic E-state index is 12.8. The van der Waals surface area contributed by atoms with Crippen molar-refractivity contribution in [2.24, 2.45) is 0 Å². The van der Waals surface area contributed by atoms with Crippen molar-refractivity contribution in [1.82, 2.24) is 9.88 Å². The monoisotopic (exact) mass is 369 g/mol. The molecule has 0 unspecified atom stereocenters. The van der Waals surface area contributed by atoms with Crippen molar-refractivity contribution < 1.29 is 9.59 Å². The van der Waals surface area contributed by atoms with E-state index in [4.69, 9.17) is 0 Å². The highest BCUT2D eigenvalue weighted by molar-refractivity contribution is 6.09. The zero-order valence-corrected chi connectivity index (χ0v) is 16.2. The number of amides is 1. The number of nitrogens with zero attached hydrogens (tertiary/aromatic N) is 3. The van der Waals surface area contributed by atoms with Crippen LogP contribution in [0.1, 0.15) is 69.9 Å². The summed E-state index contributed by atoms with van der Waals surface area (Å²) in [6.07, 6.45) is 13.5. The lowest BCUT2D eigenvalue weighted by Gasteiger charge is -2.42. The molecule has 0 spiro atoms. The summed E-state index contributed by atoms with van der Waals surface area (Å²) in [5.41, 5.74) is 1.62. The molecule has 1 aromatic rings. The molecule has 1 saturated carbocycles. The van der Waals surface area contributed by atoms with Crippen LogP contribution in [0.2, 0.25) is 0 Å². The Morgan fingerprint density at radius 2 is 1.56 bits per heavy atom. The summed E-state index contributed by atoms with van der Waals surface area (Å²) in [6.45, 7) is 2.12. The van der Waals surface area contributed by atoms with Crippen molar-refractivity contribution >= 4 is 17.4 Å². The molecule has 3 aliphatic rings. The smallest absolute Gasteiger partial charge is 0.234 e. The molecule has 2 fully saturated rings. The van der Waals surface area contributed by atoms with E-state index in [-0.39, 0.29) is 30.6 Å². The molecule has 0 atom stereocenters. The summed E-state index contributed by atoms with van der Waals surface area (Å²) in [5, 5.41) is 0. The standard InChI is InChI=1S/C22H31N3O2/c26-19-15-20-21(9-6-12-23-20)25(22(27)16-19)18-10-13-24(14-11-18)17-7-4-2-1-3-5-8-17/h6,9,12,17-18H,1-5,7-8,10-11,13-16H2. The van der Waals surface area contributed by atoms with Gasteiger partial charge in [-0.05, 0) is 37.8 Å². The van der Waals surface area contributed by atoms with Gasteiger partial charge in [-0.2, -0.15) is 0 Å². The zero-order chi connectivity index (χ0) is 18.6. The first-order chi connectivity index (χ1) is 13.2. The van der Waals surface area contributed by atoms with Gasteiger partial charge in [0, 0.05) is 31.4 Å². The second kappa shape index (κ2) is 8.51. The minimum absolute atomic E-state index is 0.0131. The van der Waals surface area contributed by atoms with Crippen LogP contribution in [0.4, 0.5) is 5.69 Å². The lowest BCUT2D eigenvalue weighted by Crippen LogP contribution is -2.50. The second-order valence-corrected chi connectivity index (χ2v) is 8.39. The van der Waals surface area contributed by atoms with Crippen LogP contribution in [0.25, 0.3) is 0 Å². The summed E-state index contributed by atoms with van der Waals surface area (Å²) in [7, 11) is 0. The Morgan fingerprint density at radius 1 is 0.852 bits per heavy atom. The second-order valence-electron chi connectivity index (χ2n) is 8.39. The predicted molar refractivity (Wildman–Crippen MR) is 106 cm³/mol. The molecule has 1 amide bonds. The minimum atomic E-state index is -0.0452. The van der Waals surface area contributed by atoms with E-state index in [1.807, 2.05) is 17.0 Å². The van der Waals surface area contributed by atoms with Crippen LogP contribution in [0.5, 0.6) is 0 Å². The predicted octanol–water partition coefficient (Wildman–Crippen LogP) is 3.51. The number of carbonyl (C=O) groups is 2. The van der Waals surface area contributed by atoms with Gasteiger partial charge in [-0.1, -0.05) is 32.1 Å². The number of rotatable bonds is 2. The van der Waals surface area contributed by atoms with Gasteiger partial charge in [0.15, 0.2) is 0 Å². The first-order valence-corrected chi connectivity index (χ1v) is 10.7. The Kier molecular flexibility index (Phi) is 5.86. The number of fused-ring (bicyclic) bond motifs is 1. The van der Waals surface area contributed by atoms with Crippen LogP contribution in [-0.4, -0.2) is 46.7 Å². The molecule has 1 aromatic heterocycles. The number of pyridine rings is 1. The molecule has 0 N–H and O–H groups in total. The van der Waals surface area contributed by atoms with Gasteiger partial charge in [0.2, 0.25) is 5.91 Å². The van der Waals surface area contributed by atoms with Crippen molar-refractivity contribution in [3.05, 3.63) is 24.0 Å². The Balaban J connectivity index is 1.45. The van der Waals surface area contributed by atoms with E-state index in [9.17, 15) is 9.59 Å². The molecule has 27 heavy (non-hydrogen) atoms. The number of anilines is 1. The summed E-state index contributed by atoms with van der Waals surface area (Å²) in [6, 6.07) is 4.75. The van der Waals surface area contributed by atoms with E-state index in [0.717, 1.165) is 43.4 Å². The molecule has 146 valence electrons. The average molecular weight is 370 g/mol. The summed E-state index contributed by atoms with van der Waals surface area (Å²) in [4.78, 5) is 33.9. The van der Waals surface area contributed by atoms with Gasteiger partial charge in [-0.3, -0.25) is 14.6 Å². The van der Waals surface area contributed by atoms with E-state index in [0.29, 0.717) is 0 Å². The Bertz CT molecular complexity index is 674. The number of likely N-dealkylation sites (tertiary alicyclic amines) is 1. The fourth-order valence-corrected chi connectivity index (χ4v) is 5.13. The quantitative estimate of drug-likeness (QED) is 0.749. The number of hydrogen-bond donors (Lipinski definition) is 0. The van der Waals surface area contributed by atoms with Crippen LogP contribution >= 0.6 is 0 Å². The topological polar surface area (TPSA) is 53.5 Å². The fraction of sp³-hybridized carbons (Fsp3) is 0.682. The summed E-state index contributed by atoms with van der Waals surface area (Å²) >= 11 is 0. The van der Waals surface area contributed by atoms with Gasteiger partial charge >= 0.3 is 0 Å². The highest BCUT2D eigenvalue weighted by atomic mass is 16.2. The highest BCUT2D eigenvalue weighted by Crippen LogP contribution is 2.31. The van der Waals surface area contributed by atoms with Crippen molar-refractivity contribution in [2.45, 2.75) is 82.7 Å². The Labute approximate surface area is 162 Å². The van der Waals surface area contributed by atoms with Crippen molar-refractivity contribution in [1.29, 1.82) is 0 Å². The first kappa shape index (κ1) is 18.6. The van der Waals surface area contributed by atoms with E-state index < -0.39 is 0 Å². The first-order valence-electron chi connectivity index (χ1n) is 10.7. The van der Waals surface area contributed by atoms with Crippen LogP contribution in [-0.2, 0) is 16.0 Å². The Morgan fingerprint density at radius 3 is 2.30 bits per heavy atom. The van der Waals surface area contributed by atoms with Crippen molar-refractivity contribution in [3.63, 3.8) is 0 Å². The van der Waals surface area contributed by atoms with Gasteiger partial charge in [0.25, 0.3) is 0 Å². The lowest BCUT2D eigenvalue weighted by atomic mass is 9.93. The summed E-state index contributed by atoms with van der Waals surface area (Å²) in [5.74, 6) is -0.0643. The van der Waals surface area contributed by atoms with Crippen LogP contribution in [0.15, 0.2) is 18.3 Å². The number of aromatic nitrogens is 1. The van der Waals surface area contributed by atoms with E-state index in [1.54, 1.807) is 6.20 Å². The molecular formula is C22H31N3O2.